The van der Waals surface area contributed by atoms with Gasteiger partial charge in [0.1, 0.15) is 0 Å². The Labute approximate surface area is 90.3 Å². The van der Waals surface area contributed by atoms with Gasteiger partial charge in [0, 0.05) is 12.1 Å². The van der Waals surface area contributed by atoms with E-state index in [0.29, 0.717) is 5.92 Å². The Hall–Kier alpha value is -0.860. The van der Waals surface area contributed by atoms with Crippen molar-refractivity contribution in [2.75, 3.05) is 0 Å². The Bertz CT molecular complexity index is 296. The predicted molar refractivity (Wildman–Crippen MR) is 58.3 cm³/mol. The van der Waals surface area contributed by atoms with E-state index in [4.69, 9.17) is 0 Å². The van der Waals surface area contributed by atoms with Gasteiger partial charge in [0.05, 0.1) is 0 Å². The second kappa shape index (κ2) is 3.62. The second-order valence-corrected chi connectivity index (χ2v) is 5.37. The fourth-order valence-corrected chi connectivity index (χ4v) is 3.11. The molecule has 1 N–H and O–H groups in total. The minimum Gasteiger partial charge on any atom is -0.273 e. The number of hydrazone groups is 1. The first kappa shape index (κ1) is 9.37. The van der Waals surface area contributed by atoms with Crippen LogP contribution in [-0.4, -0.2) is 12.1 Å². The largest absolute Gasteiger partial charge is 0.273 e. The quantitative estimate of drug-likeness (QED) is 0.556. The number of amides is 1. The van der Waals surface area contributed by atoms with Gasteiger partial charge in [-0.2, -0.15) is 5.10 Å². The van der Waals surface area contributed by atoms with E-state index in [9.17, 15) is 4.79 Å². The highest BCUT2D eigenvalue weighted by atomic mass is 16.2. The van der Waals surface area contributed by atoms with E-state index >= 15 is 0 Å². The van der Waals surface area contributed by atoms with Gasteiger partial charge in [-0.15, -0.1) is 0 Å². The molecular formula is C12H18N2O. The Morgan fingerprint density at radius 2 is 2.07 bits per heavy atom. The van der Waals surface area contributed by atoms with E-state index in [1.54, 1.807) is 0 Å². The van der Waals surface area contributed by atoms with Crippen LogP contribution in [-0.2, 0) is 4.79 Å². The van der Waals surface area contributed by atoms with Crippen LogP contribution < -0.4 is 5.43 Å². The topological polar surface area (TPSA) is 41.5 Å². The van der Waals surface area contributed by atoms with E-state index in [1.165, 1.54) is 25.7 Å². The number of rotatable bonds is 3. The number of nitrogens with one attached hydrogen (secondary N) is 1. The fourth-order valence-electron chi connectivity index (χ4n) is 3.11. The molecule has 3 rings (SSSR count). The van der Waals surface area contributed by atoms with Gasteiger partial charge in [0.2, 0.25) is 5.91 Å². The summed E-state index contributed by atoms with van der Waals surface area (Å²) in [7, 11) is 0. The molecule has 3 saturated carbocycles. The molecule has 0 heterocycles. The molecule has 1 amide bonds. The van der Waals surface area contributed by atoms with Gasteiger partial charge < -0.3 is 0 Å². The lowest BCUT2D eigenvalue weighted by atomic mass is 9.90. The molecule has 0 unspecified atom stereocenters. The summed E-state index contributed by atoms with van der Waals surface area (Å²) in [4.78, 5) is 11.3. The molecule has 3 nitrogen and oxygen atoms in total. The second-order valence-electron chi connectivity index (χ2n) is 5.37. The van der Waals surface area contributed by atoms with Crippen molar-refractivity contribution in [3.05, 3.63) is 0 Å². The Morgan fingerprint density at radius 3 is 2.67 bits per heavy atom. The maximum absolute atomic E-state index is 11.3. The summed E-state index contributed by atoms with van der Waals surface area (Å²) in [5.74, 6) is 2.84. The Morgan fingerprint density at radius 1 is 1.20 bits per heavy atom. The number of carbonyl (C=O) groups excluding carboxylic acids is 1. The molecule has 0 radical (unpaired) electrons. The normalized spacial score (nSPS) is 38.8. The molecule has 2 bridgehead atoms. The van der Waals surface area contributed by atoms with Crippen molar-refractivity contribution >= 4 is 12.1 Å². The van der Waals surface area contributed by atoms with Crippen molar-refractivity contribution in [3.8, 4) is 0 Å². The Kier molecular flexibility index (Phi) is 2.26. The van der Waals surface area contributed by atoms with Crippen molar-refractivity contribution in [2.45, 2.75) is 38.5 Å². The molecule has 3 heteroatoms. The number of carbonyl (C=O) groups is 1. The summed E-state index contributed by atoms with van der Waals surface area (Å²) < 4.78 is 0. The molecule has 3 aliphatic rings. The molecule has 3 atom stereocenters. The number of hydrogen-bond donors (Lipinski definition) is 1. The third-order valence-corrected chi connectivity index (χ3v) is 4.18. The van der Waals surface area contributed by atoms with Crippen LogP contribution in [0.2, 0.25) is 0 Å². The summed E-state index contributed by atoms with van der Waals surface area (Å²) in [6.07, 6.45) is 9.58. The number of nitrogens with zero attached hydrogens (tertiary/aromatic N) is 1. The molecule has 0 aromatic carbocycles. The van der Waals surface area contributed by atoms with Crippen molar-refractivity contribution in [2.24, 2.45) is 28.8 Å². The van der Waals surface area contributed by atoms with E-state index < -0.39 is 0 Å². The van der Waals surface area contributed by atoms with Crippen molar-refractivity contribution < 1.29 is 4.79 Å². The van der Waals surface area contributed by atoms with Crippen LogP contribution in [0.3, 0.4) is 0 Å². The SMILES string of the molecule is O=C(N/N=C\[C@@H]1C[C@H]2CC[C@@H]1C2)C1CC1. The van der Waals surface area contributed by atoms with Crippen molar-refractivity contribution in [3.63, 3.8) is 0 Å². The first-order chi connectivity index (χ1) is 7.33. The molecule has 0 aromatic rings. The molecule has 3 fully saturated rings. The molecule has 15 heavy (non-hydrogen) atoms. The van der Waals surface area contributed by atoms with Crippen LogP contribution in [0, 0.1) is 23.7 Å². The minimum absolute atomic E-state index is 0.120. The molecule has 0 saturated heterocycles. The third-order valence-electron chi connectivity index (χ3n) is 4.18. The van der Waals surface area contributed by atoms with Crippen LogP contribution in [0.1, 0.15) is 38.5 Å². The van der Waals surface area contributed by atoms with Gasteiger partial charge in [-0.1, -0.05) is 6.42 Å². The van der Waals surface area contributed by atoms with Gasteiger partial charge >= 0.3 is 0 Å². The van der Waals surface area contributed by atoms with E-state index in [0.717, 1.165) is 24.7 Å². The molecule has 0 aromatic heterocycles. The average molecular weight is 206 g/mol. The summed E-state index contributed by atoms with van der Waals surface area (Å²) in [5.41, 5.74) is 2.66. The van der Waals surface area contributed by atoms with Crippen molar-refractivity contribution in [1.29, 1.82) is 0 Å². The smallest absolute Gasteiger partial charge is 0.243 e. The van der Waals surface area contributed by atoms with E-state index in [2.05, 4.69) is 10.5 Å². The van der Waals surface area contributed by atoms with Gasteiger partial charge in [0.25, 0.3) is 0 Å². The van der Waals surface area contributed by atoms with Crippen LogP contribution in [0.15, 0.2) is 5.10 Å². The first-order valence-electron chi connectivity index (χ1n) is 6.16. The van der Waals surface area contributed by atoms with E-state index in [-0.39, 0.29) is 11.8 Å². The van der Waals surface area contributed by atoms with Crippen LogP contribution in [0.25, 0.3) is 0 Å². The summed E-state index contributed by atoms with van der Waals surface area (Å²) in [6.45, 7) is 0. The Balaban J connectivity index is 1.48. The van der Waals surface area contributed by atoms with Gasteiger partial charge in [0.15, 0.2) is 0 Å². The predicted octanol–water partition coefficient (Wildman–Crippen LogP) is 1.93. The highest BCUT2D eigenvalue weighted by molar-refractivity contribution is 5.81. The highest BCUT2D eigenvalue weighted by Crippen LogP contribution is 2.47. The molecule has 3 aliphatic carbocycles. The first-order valence-corrected chi connectivity index (χ1v) is 6.16. The zero-order valence-corrected chi connectivity index (χ0v) is 8.98. The van der Waals surface area contributed by atoms with Crippen molar-refractivity contribution in [1.82, 2.24) is 5.43 Å². The minimum atomic E-state index is 0.120. The van der Waals surface area contributed by atoms with Gasteiger partial charge in [-0.3, -0.25) is 4.79 Å². The molecule has 82 valence electrons. The zero-order chi connectivity index (χ0) is 10.3. The third kappa shape index (κ3) is 1.92. The van der Waals surface area contributed by atoms with Gasteiger partial charge in [-0.05, 0) is 49.9 Å². The molecule has 0 aliphatic heterocycles. The highest BCUT2D eigenvalue weighted by Gasteiger charge is 2.38. The van der Waals surface area contributed by atoms with Crippen LogP contribution in [0.4, 0.5) is 0 Å². The zero-order valence-electron chi connectivity index (χ0n) is 8.98. The maximum atomic E-state index is 11.3. The fraction of sp³-hybridized carbons (Fsp3) is 0.833. The average Bonchev–Trinajstić information content (AvgIpc) is 2.90. The lowest BCUT2D eigenvalue weighted by Crippen LogP contribution is -2.21. The summed E-state index contributed by atoms with van der Waals surface area (Å²) in [6, 6.07) is 0. The molecule has 0 spiro atoms. The lowest BCUT2D eigenvalue weighted by molar-refractivity contribution is -0.122. The lowest BCUT2D eigenvalue weighted by Gasteiger charge is -2.16. The van der Waals surface area contributed by atoms with Crippen LogP contribution in [0.5, 0.6) is 0 Å². The standard InChI is InChI=1S/C12H18N2O/c15-12(9-3-4-9)14-13-7-11-6-8-1-2-10(11)5-8/h7-11H,1-6H2,(H,14,15)/b13-7-/t8-,10+,11-/m0/s1. The van der Waals surface area contributed by atoms with Crippen LogP contribution >= 0.6 is 0 Å². The summed E-state index contributed by atoms with van der Waals surface area (Å²) >= 11 is 0. The van der Waals surface area contributed by atoms with Gasteiger partial charge in [-0.25, -0.2) is 5.43 Å². The monoisotopic (exact) mass is 206 g/mol. The summed E-state index contributed by atoms with van der Waals surface area (Å²) in [5, 5.41) is 4.11. The number of fused-ring (bicyclic) bond motifs is 2. The van der Waals surface area contributed by atoms with E-state index in [1.807, 2.05) is 6.21 Å². The number of hydrogen-bond acceptors (Lipinski definition) is 2. The molecular weight excluding hydrogens is 188 g/mol. The maximum Gasteiger partial charge on any atom is 0.243 e.